The van der Waals surface area contributed by atoms with Crippen molar-refractivity contribution >= 4 is 10.9 Å². The summed E-state index contributed by atoms with van der Waals surface area (Å²) in [5.41, 5.74) is 1.81. The van der Waals surface area contributed by atoms with Crippen molar-refractivity contribution in [3.05, 3.63) is 29.8 Å². The smallest absolute Gasteiger partial charge is 0.213 e. The maximum absolute atomic E-state index is 9.58. The average molecular weight is 219 g/mol. The van der Waals surface area contributed by atoms with Crippen molar-refractivity contribution in [1.29, 1.82) is 0 Å². The predicted octanol–water partition coefficient (Wildman–Crippen LogP) is 3.28. The van der Waals surface area contributed by atoms with Crippen LogP contribution in [0.4, 0.5) is 0 Å². The van der Waals surface area contributed by atoms with Gasteiger partial charge in [-0.1, -0.05) is 19.9 Å². The Kier molecular flexibility index (Phi) is 4.11. The number of hydrogen-bond donors (Lipinski definition) is 1. The number of methoxy groups -OCH3 is 1. The summed E-state index contributed by atoms with van der Waals surface area (Å²) < 4.78 is 5.02. The first kappa shape index (κ1) is 12.3. The van der Waals surface area contributed by atoms with Crippen molar-refractivity contribution in [3.63, 3.8) is 0 Å². The molecule has 86 valence electrons. The highest BCUT2D eigenvalue weighted by Gasteiger charge is 2.04. The lowest BCUT2D eigenvalue weighted by molar-refractivity contribution is 0.399. The van der Waals surface area contributed by atoms with Gasteiger partial charge in [-0.25, -0.2) is 4.98 Å². The predicted molar refractivity (Wildman–Crippen MR) is 66.0 cm³/mol. The van der Waals surface area contributed by atoms with Gasteiger partial charge in [-0.05, 0) is 24.6 Å². The fraction of sp³-hybridized carbons (Fsp3) is 0.308. The summed E-state index contributed by atoms with van der Waals surface area (Å²) >= 11 is 0. The number of phenolic OH excluding ortho intramolecular Hbond substituents is 1. The van der Waals surface area contributed by atoms with Gasteiger partial charge in [-0.2, -0.15) is 0 Å². The summed E-state index contributed by atoms with van der Waals surface area (Å²) in [6, 6.07) is 7.06. The molecule has 0 atom stereocenters. The van der Waals surface area contributed by atoms with E-state index in [0.29, 0.717) is 5.88 Å². The normalized spacial score (nSPS) is 9.50. The molecule has 1 N–H and O–H groups in total. The number of ether oxygens (including phenoxy) is 1. The lowest BCUT2D eigenvalue weighted by Gasteiger charge is -2.05. The van der Waals surface area contributed by atoms with E-state index in [-0.39, 0.29) is 5.75 Å². The largest absolute Gasteiger partial charge is 0.507 e. The fourth-order valence-electron chi connectivity index (χ4n) is 1.43. The summed E-state index contributed by atoms with van der Waals surface area (Å²) in [4.78, 5) is 4.27. The van der Waals surface area contributed by atoms with Crippen LogP contribution >= 0.6 is 0 Å². The Balaban J connectivity index is 0.000000606. The van der Waals surface area contributed by atoms with Gasteiger partial charge in [0.05, 0.1) is 12.6 Å². The zero-order valence-electron chi connectivity index (χ0n) is 10.1. The number of fused-ring (bicyclic) bond motifs is 1. The van der Waals surface area contributed by atoms with E-state index < -0.39 is 0 Å². The molecule has 1 aromatic heterocycles. The van der Waals surface area contributed by atoms with Crippen LogP contribution in [0.5, 0.6) is 11.6 Å². The SMILES string of the molecule is CC.COc1ccc2c(O)ccc(C)c2n1. The van der Waals surface area contributed by atoms with Crippen molar-refractivity contribution in [3.8, 4) is 11.6 Å². The van der Waals surface area contributed by atoms with Gasteiger partial charge in [0, 0.05) is 11.5 Å². The number of aryl methyl sites for hydroxylation is 1. The number of aromatic hydroxyl groups is 1. The summed E-state index contributed by atoms with van der Waals surface area (Å²) in [5.74, 6) is 0.812. The summed E-state index contributed by atoms with van der Waals surface area (Å²) in [5, 5.41) is 10.3. The van der Waals surface area contributed by atoms with Gasteiger partial charge in [0.1, 0.15) is 5.75 Å². The van der Waals surface area contributed by atoms with E-state index in [2.05, 4.69) is 4.98 Å². The van der Waals surface area contributed by atoms with Gasteiger partial charge >= 0.3 is 0 Å². The molecule has 0 saturated carbocycles. The molecule has 0 radical (unpaired) electrons. The van der Waals surface area contributed by atoms with Crippen molar-refractivity contribution in [1.82, 2.24) is 4.98 Å². The minimum Gasteiger partial charge on any atom is -0.507 e. The molecule has 0 amide bonds. The highest BCUT2D eigenvalue weighted by molar-refractivity contribution is 5.87. The van der Waals surface area contributed by atoms with Crippen molar-refractivity contribution in [2.45, 2.75) is 20.8 Å². The quantitative estimate of drug-likeness (QED) is 0.800. The van der Waals surface area contributed by atoms with E-state index in [1.54, 1.807) is 19.2 Å². The summed E-state index contributed by atoms with van der Waals surface area (Å²) in [6.45, 7) is 5.95. The maximum atomic E-state index is 9.58. The molecule has 0 aliphatic carbocycles. The van der Waals surface area contributed by atoms with Crippen molar-refractivity contribution in [2.75, 3.05) is 7.11 Å². The van der Waals surface area contributed by atoms with Crippen molar-refractivity contribution < 1.29 is 9.84 Å². The van der Waals surface area contributed by atoms with Gasteiger partial charge in [0.25, 0.3) is 0 Å². The number of nitrogens with zero attached hydrogens (tertiary/aromatic N) is 1. The van der Waals surface area contributed by atoms with Crippen LogP contribution in [0.25, 0.3) is 10.9 Å². The Labute approximate surface area is 95.7 Å². The van der Waals surface area contributed by atoms with Crippen LogP contribution < -0.4 is 4.74 Å². The van der Waals surface area contributed by atoms with Gasteiger partial charge in [0.2, 0.25) is 5.88 Å². The first-order valence-electron chi connectivity index (χ1n) is 5.35. The van der Waals surface area contributed by atoms with E-state index in [9.17, 15) is 5.11 Å². The Morgan fingerprint density at radius 1 is 1.12 bits per heavy atom. The molecule has 0 bridgehead atoms. The molecule has 2 aromatic rings. The second-order valence-electron chi connectivity index (χ2n) is 3.15. The molecule has 16 heavy (non-hydrogen) atoms. The Morgan fingerprint density at radius 3 is 2.44 bits per heavy atom. The van der Waals surface area contributed by atoms with Crippen LogP contribution in [0.3, 0.4) is 0 Å². The molecule has 1 aromatic carbocycles. The topological polar surface area (TPSA) is 42.4 Å². The van der Waals surface area contributed by atoms with E-state index in [1.165, 1.54) is 0 Å². The minimum atomic E-state index is 0.251. The molecule has 0 aliphatic heterocycles. The molecule has 0 spiro atoms. The second kappa shape index (κ2) is 5.35. The molecule has 2 rings (SSSR count). The molecule has 3 heteroatoms. The zero-order valence-corrected chi connectivity index (χ0v) is 10.1. The third kappa shape index (κ3) is 2.24. The van der Waals surface area contributed by atoms with E-state index >= 15 is 0 Å². The minimum absolute atomic E-state index is 0.251. The first-order valence-corrected chi connectivity index (χ1v) is 5.35. The number of benzene rings is 1. The number of aromatic nitrogens is 1. The van der Waals surface area contributed by atoms with Gasteiger partial charge < -0.3 is 9.84 Å². The highest BCUT2D eigenvalue weighted by atomic mass is 16.5. The maximum Gasteiger partial charge on any atom is 0.213 e. The van der Waals surface area contributed by atoms with E-state index in [4.69, 9.17) is 4.74 Å². The monoisotopic (exact) mass is 219 g/mol. The molecule has 1 heterocycles. The Hall–Kier alpha value is -1.77. The lowest BCUT2D eigenvalue weighted by Crippen LogP contribution is -1.89. The third-order valence-electron chi connectivity index (χ3n) is 2.22. The van der Waals surface area contributed by atoms with Gasteiger partial charge in [-0.15, -0.1) is 0 Å². The molecular weight excluding hydrogens is 202 g/mol. The van der Waals surface area contributed by atoms with Crippen LogP contribution in [0, 0.1) is 6.92 Å². The first-order chi connectivity index (χ1) is 7.72. The van der Waals surface area contributed by atoms with Crippen LogP contribution in [0.1, 0.15) is 19.4 Å². The van der Waals surface area contributed by atoms with Crippen LogP contribution in [-0.4, -0.2) is 17.2 Å². The van der Waals surface area contributed by atoms with Crippen molar-refractivity contribution in [2.24, 2.45) is 0 Å². The molecule has 0 aliphatic rings. The molecular formula is C13H17NO2. The van der Waals surface area contributed by atoms with E-state index in [0.717, 1.165) is 16.5 Å². The number of rotatable bonds is 1. The van der Waals surface area contributed by atoms with Crippen LogP contribution in [0.2, 0.25) is 0 Å². The molecule has 0 fully saturated rings. The number of hydrogen-bond acceptors (Lipinski definition) is 3. The molecule has 0 unspecified atom stereocenters. The van der Waals surface area contributed by atoms with Crippen LogP contribution in [-0.2, 0) is 0 Å². The second-order valence-corrected chi connectivity index (χ2v) is 3.15. The lowest BCUT2D eigenvalue weighted by atomic mass is 10.1. The third-order valence-corrected chi connectivity index (χ3v) is 2.22. The summed E-state index contributed by atoms with van der Waals surface area (Å²) in [7, 11) is 1.58. The fourth-order valence-corrected chi connectivity index (χ4v) is 1.43. The van der Waals surface area contributed by atoms with Crippen LogP contribution in [0.15, 0.2) is 24.3 Å². The number of pyridine rings is 1. The van der Waals surface area contributed by atoms with Gasteiger partial charge in [0.15, 0.2) is 0 Å². The van der Waals surface area contributed by atoms with Gasteiger partial charge in [-0.3, -0.25) is 0 Å². The Morgan fingerprint density at radius 2 is 1.81 bits per heavy atom. The van der Waals surface area contributed by atoms with E-state index in [1.807, 2.05) is 32.9 Å². The number of phenols is 1. The summed E-state index contributed by atoms with van der Waals surface area (Å²) in [6.07, 6.45) is 0. The average Bonchev–Trinajstić information content (AvgIpc) is 2.36. The molecule has 0 saturated heterocycles. The zero-order chi connectivity index (χ0) is 12.1. The Bertz CT molecular complexity index is 481. The standard InChI is InChI=1S/C11H11NO2.C2H6/c1-7-3-5-9(13)8-4-6-10(14-2)12-11(7)8;1-2/h3-6,13H,1-2H3;1-2H3. The molecule has 3 nitrogen and oxygen atoms in total. The highest BCUT2D eigenvalue weighted by Crippen LogP contribution is 2.27.